The maximum atomic E-state index is 12.7. The van der Waals surface area contributed by atoms with Gasteiger partial charge in [0.05, 0.1) is 0 Å². The number of amides is 1. The summed E-state index contributed by atoms with van der Waals surface area (Å²) in [5.74, 6) is -0.712. The Kier molecular flexibility index (Phi) is 4.07. The molecule has 0 aliphatic heterocycles. The molecule has 0 aliphatic rings. The fraction of sp³-hybridized carbons (Fsp3) is 0.154. The summed E-state index contributed by atoms with van der Waals surface area (Å²) < 4.78 is 12.7. The Morgan fingerprint density at radius 1 is 1.33 bits per heavy atom. The molecule has 3 nitrogen and oxygen atoms in total. The van der Waals surface area contributed by atoms with Gasteiger partial charge in [-0.1, -0.05) is 6.07 Å². The van der Waals surface area contributed by atoms with Crippen molar-refractivity contribution in [1.82, 2.24) is 5.32 Å². The van der Waals surface area contributed by atoms with Crippen molar-refractivity contribution in [1.29, 1.82) is 0 Å². The third-order valence-corrected chi connectivity index (χ3v) is 3.41. The monoisotopic (exact) mass is 265 g/mol. The summed E-state index contributed by atoms with van der Waals surface area (Å²) in [5.41, 5.74) is 0.370. The molecule has 0 saturated heterocycles. The molecule has 1 heterocycles. The lowest BCUT2D eigenvalue weighted by Gasteiger charge is -2.10. The summed E-state index contributed by atoms with van der Waals surface area (Å²) in [6.45, 7) is 0.136. The van der Waals surface area contributed by atoms with Crippen LogP contribution in [0.3, 0.4) is 0 Å². The van der Waals surface area contributed by atoms with Crippen molar-refractivity contribution in [3.63, 3.8) is 0 Å². The average Bonchev–Trinajstić information content (AvgIpc) is 2.90. The van der Waals surface area contributed by atoms with E-state index in [0.717, 1.165) is 4.88 Å². The second-order valence-electron chi connectivity index (χ2n) is 3.75. The molecule has 0 aliphatic carbocycles. The van der Waals surface area contributed by atoms with E-state index >= 15 is 0 Å². The van der Waals surface area contributed by atoms with Crippen LogP contribution in [0.25, 0.3) is 0 Å². The standard InChI is InChI=1S/C13H12FNO2S/c14-10-5-3-9(4-6-10)13(17)15-8-11(16)12-2-1-7-18-12/h1-7,11,16H,8H2,(H,15,17). The molecule has 0 spiro atoms. The molecule has 2 rings (SSSR count). The molecule has 0 saturated carbocycles. The molecule has 18 heavy (non-hydrogen) atoms. The quantitative estimate of drug-likeness (QED) is 0.891. The van der Waals surface area contributed by atoms with E-state index in [1.165, 1.54) is 35.6 Å². The molecule has 1 atom stereocenters. The highest BCUT2D eigenvalue weighted by atomic mass is 32.1. The van der Waals surface area contributed by atoms with Gasteiger partial charge in [-0.15, -0.1) is 11.3 Å². The zero-order valence-corrected chi connectivity index (χ0v) is 10.3. The maximum Gasteiger partial charge on any atom is 0.251 e. The first-order valence-electron chi connectivity index (χ1n) is 5.42. The number of carbonyl (C=O) groups excluding carboxylic acids is 1. The first-order valence-corrected chi connectivity index (χ1v) is 6.30. The van der Waals surface area contributed by atoms with Crippen molar-refractivity contribution in [2.75, 3.05) is 6.54 Å². The van der Waals surface area contributed by atoms with E-state index in [2.05, 4.69) is 5.32 Å². The summed E-state index contributed by atoms with van der Waals surface area (Å²) in [6, 6.07) is 8.91. The van der Waals surface area contributed by atoms with E-state index in [1.807, 2.05) is 11.4 Å². The number of aliphatic hydroxyl groups excluding tert-OH is 1. The van der Waals surface area contributed by atoms with Gasteiger partial charge < -0.3 is 10.4 Å². The van der Waals surface area contributed by atoms with Gasteiger partial charge in [0.25, 0.3) is 5.91 Å². The number of thiophene rings is 1. The first-order chi connectivity index (χ1) is 8.66. The highest BCUT2D eigenvalue weighted by molar-refractivity contribution is 7.10. The third-order valence-electron chi connectivity index (χ3n) is 2.43. The second kappa shape index (κ2) is 5.75. The van der Waals surface area contributed by atoms with Crippen LogP contribution in [-0.4, -0.2) is 17.6 Å². The van der Waals surface area contributed by atoms with Crippen LogP contribution in [0, 0.1) is 5.82 Å². The summed E-state index contributed by atoms with van der Waals surface area (Å²) in [4.78, 5) is 12.5. The first kappa shape index (κ1) is 12.7. The van der Waals surface area contributed by atoms with E-state index in [1.54, 1.807) is 6.07 Å². The van der Waals surface area contributed by atoms with Gasteiger partial charge in [0.15, 0.2) is 0 Å². The average molecular weight is 265 g/mol. The molecule has 0 radical (unpaired) electrons. The molecule has 0 bridgehead atoms. The minimum atomic E-state index is -0.714. The summed E-state index contributed by atoms with van der Waals surface area (Å²) in [5, 5.41) is 14.2. The Bertz CT molecular complexity index is 510. The van der Waals surface area contributed by atoms with E-state index < -0.39 is 6.10 Å². The zero-order chi connectivity index (χ0) is 13.0. The van der Waals surface area contributed by atoms with Gasteiger partial charge in [0.2, 0.25) is 0 Å². The van der Waals surface area contributed by atoms with Crippen molar-refractivity contribution >= 4 is 17.2 Å². The van der Waals surface area contributed by atoms with Crippen LogP contribution in [0.15, 0.2) is 41.8 Å². The fourth-order valence-corrected chi connectivity index (χ4v) is 2.19. The van der Waals surface area contributed by atoms with Gasteiger partial charge >= 0.3 is 0 Å². The lowest BCUT2D eigenvalue weighted by atomic mass is 10.2. The van der Waals surface area contributed by atoms with Gasteiger partial charge in [-0.2, -0.15) is 0 Å². The molecular formula is C13H12FNO2S. The van der Waals surface area contributed by atoms with Crippen molar-refractivity contribution in [2.45, 2.75) is 6.10 Å². The van der Waals surface area contributed by atoms with Crippen LogP contribution in [0.4, 0.5) is 4.39 Å². The highest BCUT2D eigenvalue weighted by Gasteiger charge is 2.11. The lowest BCUT2D eigenvalue weighted by molar-refractivity contribution is 0.0918. The fourth-order valence-electron chi connectivity index (χ4n) is 1.47. The van der Waals surface area contributed by atoms with Gasteiger partial charge in [-0.3, -0.25) is 4.79 Å². The molecule has 94 valence electrons. The van der Waals surface area contributed by atoms with Gasteiger partial charge in [0, 0.05) is 17.0 Å². The Hall–Kier alpha value is -1.72. The molecule has 1 amide bonds. The predicted octanol–water partition coefficient (Wildman–Crippen LogP) is 2.35. The summed E-state index contributed by atoms with van der Waals surface area (Å²) in [7, 11) is 0. The maximum absolute atomic E-state index is 12.7. The number of hydrogen-bond acceptors (Lipinski definition) is 3. The molecule has 5 heteroatoms. The Morgan fingerprint density at radius 3 is 2.67 bits per heavy atom. The summed E-state index contributed by atoms with van der Waals surface area (Å²) >= 11 is 1.43. The number of halogens is 1. The zero-order valence-electron chi connectivity index (χ0n) is 9.47. The molecule has 1 aromatic heterocycles. The van der Waals surface area contributed by atoms with Gasteiger partial charge in [-0.05, 0) is 35.7 Å². The Balaban J connectivity index is 1.90. The Labute approximate surface area is 108 Å². The van der Waals surface area contributed by atoms with Crippen LogP contribution in [0.2, 0.25) is 0 Å². The van der Waals surface area contributed by atoms with Crippen LogP contribution >= 0.6 is 11.3 Å². The van der Waals surface area contributed by atoms with Crippen LogP contribution in [-0.2, 0) is 0 Å². The number of rotatable bonds is 4. The lowest BCUT2D eigenvalue weighted by Crippen LogP contribution is -2.28. The molecule has 1 unspecified atom stereocenters. The van der Waals surface area contributed by atoms with Crippen LogP contribution < -0.4 is 5.32 Å². The number of hydrogen-bond donors (Lipinski definition) is 2. The number of nitrogens with one attached hydrogen (secondary N) is 1. The minimum absolute atomic E-state index is 0.136. The van der Waals surface area contributed by atoms with Gasteiger partial charge in [0.1, 0.15) is 11.9 Å². The topological polar surface area (TPSA) is 49.3 Å². The molecule has 1 aromatic carbocycles. The molecule has 2 aromatic rings. The minimum Gasteiger partial charge on any atom is -0.386 e. The number of benzene rings is 1. The van der Waals surface area contributed by atoms with Crippen LogP contribution in [0.1, 0.15) is 21.3 Å². The summed E-state index contributed by atoms with van der Waals surface area (Å²) in [6.07, 6.45) is -0.714. The van der Waals surface area contributed by atoms with Crippen LogP contribution in [0.5, 0.6) is 0 Å². The van der Waals surface area contributed by atoms with E-state index in [0.29, 0.717) is 5.56 Å². The number of carbonyl (C=O) groups is 1. The van der Waals surface area contributed by atoms with Crippen molar-refractivity contribution in [2.24, 2.45) is 0 Å². The SMILES string of the molecule is O=C(NCC(O)c1cccs1)c1ccc(F)cc1. The highest BCUT2D eigenvalue weighted by Crippen LogP contribution is 2.17. The molecule has 0 fully saturated rings. The predicted molar refractivity (Wildman–Crippen MR) is 68.0 cm³/mol. The van der Waals surface area contributed by atoms with E-state index in [9.17, 15) is 14.3 Å². The largest absolute Gasteiger partial charge is 0.386 e. The molecule has 2 N–H and O–H groups in total. The number of aliphatic hydroxyl groups is 1. The van der Waals surface area contributed by atoms with Gasteiger partial charge in [-0.25, -0.2) is 4.39 Å². The van der Waals surface area contributed by atoms with Crippen molar-refractivity contribution in [3.05, 3.63) is 58.0 Å². The third kappa shape index (κ3) is 3.15. The smallest absolute Gasteiger partial charge is 0.251 e. The second-order valence-corrected chi connectivity index (χ2v) is 4.73. The Morgan fingerprint density at radius 2 is 2.06 bits per heavy atom. The van der Waals surface area contributed by atoms with E-state index in [-0.39, 0.29) is 18.3 Å². The van der Waals surface area contributed by atoms with Crippen molar-refractivity contribution in [3.8, 4) is 0 Å². The van der Waals surface area contributed by atoms with Crippen molar-refractivity contribution < 1.29 is 14.3 Å². The molecular weight excluding hydrogens is 253 g/mol. The normalized spacial score (nSPS) is 12.1. The van der Waals surface area contributed by atoms with E-state index in [4.69, 9.17) is 0 Å².